The van der Waals surface area contributed by atoms with Crippen LogP contribution in [0, 0.1) is 0 Å². The number of hydrogen-bond donors (Lipinski definition) is 2. The molecule has 0 saturated heterocycles. The summed E-state index contributed by atoms with van der Waals surface area (Å²) in [5, 5.41) is 2.73. The molecule has 0 aliphatic carbocycles. The molecule has 13 heavy (non-hydrogen) atoms. The molecule has 0 rings (SSSR count). The third kappa shape index (κ3) is 7.62. The van der Waals surface area contributed by atoms with E-state index in [9.17, 15) is 4.79 Å². The smallest absolute Gasteiger partial charge is 0.312 e. The van der Waals surface area contributed by atoms with E-state index in [1.54, 1.807) is 0 Å². The second kappa shape index (κ2) is 5.84. The molecule has 0 aromatic carbocycles. The number of nitrogens with two attached hydrogens (primary N) is 1. The van der Waals surface area contributed by atoms with Crippen molar-refractivity contribution in [1.82, 2.24) is 5.32 Å². The molecule has 3 nitrogen and oxygen atoms in total. The first-order valence-corrected chi connectivity index (χ1v) is 5.05. The highest BCUT2D eigenvalue weighted by atomic mass is 16.2. The molecular weight excluding hydrogens is 164 g/mol. The van der Waals surface area contributed by atoms with Gasteiger partial charge in [0, 0.05) is 5.54 Å². The number of hydrogen-bond acceptors (Lipinski definition) is 1. The maximum atomic E-state index is 10.6. The van der Waals surface area contributed by atoms with Gasteiger partial charge in [0.25, 0.3) is 0 Å². The van der Waals surface area contributed by atoms with Gasteiger partial charge in [0.2, 0.25) is 0 Å². The fourth-order valence-corrected chi connectivity index (χ4v) is 1.39. The Balaban J connectivity index is 3.56. The first-order valence-electron chi connectivity index (χ1n) is 5.05. The Labute approximate surface area is 81.1 Å². The van der Waals surface area contributed by atoms with Crippen LogP contribution in [0.25, 0.3) is 0 Å². The van der Waals surface area contributed by atoms with Crippen LogP contribution in [0.3, 0.4) is 0 Å². The SMILES string of the molecule is CCCCCCC(C)(C)NC(N)=O. The average molecular weight is 186 g/mol. The molecule has 0 aliphatic rings. The van der Waals surface area contributed by atoms with Crippen molar-refractivity contribution >= 4 is 6.03 Å². The Morgan fingerprint density at radius 1 is 1.31 bits per heavy atom. The van der Waals surface area contributed by atoms with E-state index in [2.05, 4.69) is 12.2 Å². The first kappa shape index (κ1) is 12.3. The molecule has 0 spiro atoms. The van der Waals surface area contributed by atoms with E-state index in [1.807, 2.05) is 13.8 Å². The Morgan fingerprint density at radius 3 is 2.38 bits per heavy atom. The fourth-order valence-electron chi connectivity index (χ4n) is 1.39. The van der Waals surface area contributed by atoms with Gasteiger partial charge in [0.1, 0.15) is 0 Å². The van der Waals surface area contributed by atoms with Crippen molar-refractivity contribution < 1.29 is 4.79 Å². The van der Waals surface area contributed by atoms with E-state index in [0.29, 0.717) is 0 Å². The Bertz CT molecular complexity index is 155. The van der Waals surface area contributed by atoms with Crippen LogP contribution in [0.4, 0.5) is 4.79 Å². The zero-order valence-corrected chi connectivity index (χ0v) is 9.02. The van der Waals surface area contributed by atoms with Crippen molar-refractivity contribution in [1.29, 1.82) is 0 Å². The van der Waals surface area contributed by atoms with Crippen LogP contribution >= 0.6 is 0 Å². The Hall–Kier alpha value is -0.730. The van der Waals surface area contributed by atoms with Crippen molar-refractivity contribution in [2.45, 2.75) is 58.4 Å². The van der Waals surface area contributed by atoms with Gasteiger partial charge in [0.15, 0.2) is 0 Å². The molecule has 0 fully saturated rings. The second-order valence-corrected chi connectivity index (χ2v) is 4.18. The standard InChI is InChI=1S/C10H22N2O/c1-4-5-6-7-8-10(2,3)12-9(11)13/h4-8H2,1-3H3,(H3,11,12,13). The van der Waals surface area contributed by atoms with E-state index in [0.717, 1.165) is 12.8 Å². The largest absolute Gasteiger partial charge is 0.352 e. The van der Waals surface area contributed by atoms with Gasteiger partial charge in [0.05, 0.1) is 0 Å². The summed E-state index contributed by atoms with van der Waals surface area (Å²) < 4.78 is 0. The fraction of sp³-hybridized carbons (Fsp3) is 0.900. The van der Waals surface area contributed by atoms with Gasteiger partial charge in [-0.05, 0) is 20.3 Å². The summed E-state index contributed by atoms with van der Waals surface area (Å²) in [4.78, 5) is 10.6. The topological polar surface area (TPSA) is 55.1 Å². The van der Waals surface area contributed by atoms with Crippen LogP contribution in [-0.2, 0) is 0 Å². The lowest BCUT2D eigenvalue weighted by atomic mass is 9.96. The van der Waals surface area contributed by atoms with Crippen LogP contribution in [0.15, 0.2) is 0 Å². The lowest BCUT2D eigenvalue weighted by Gasteiger charge is -2.24. The van der Waals surface area contributed by atoms with Gasteiger partial charge in [-0.15, -0.1) is 0 Å². The summed E-state index contributed by atoms with van der Waals surface area (Å²) in [6.07, 6.45) is 5.90. The Morgan fingerprint density at radius 2 is 1.92 bits per heavy atom. The minimum atomic E-state index is -0.430. The molecule has 3 N–H and O–H groups in total. The third-order valence-corrected chi connectivity index (χ3v) is 2.12. The van der Waals surface area contributed by atoms with Gasteiger partial charge >= 0.3 is 6.03 Å². The van der Waals surface area contributed by atoms with Crippen LogP contribution < -0.4 is 11.1 Å². The van der Waals surface area contributed by atoms with Gasteiger partial charge < -0.3 is 11.1 Å². The molecule has 0 atom stereocenters. The van der Waals surface area contributed by atoms with Gasteiger partial charge in [-0.1, -0.05) is 32.6 Å². The molecule has 3 heteroatoms. The van der Waals surface area contributed by atoms with E-state index >= 15 is 0 Å². The second-order valence-electron chi connectivity index (χ2n) is 4.18. The predicted molar refractivity (Wildman–Crippen MR) is 55.6 cm³/mol. The highest BCUT2D eigenvalue weighted by Crippen LogP contribution is 2.14. The Kier molecular flexibility index (Phi) is 5.51. The monoisotopic (exact) mass is 186 g/mol. The molecule has 0 heterocycles. The normalized spacial score (nSPS) is 11.3. The maximum absolute atomic E-state index is 10.6. The zero-order valence-electron chi connectivity index (χ0n) is 9.02. The number of unbranched alkanes of at least 4 members (excludes halogenated alkanes) is 3. The number of carbonyl (C=O) groups is 1. The van der Waals surface area contributed by atoms with Crippen molar-refractivity contribution in [3.63, 3.8) is 0 Å². The van der Waals surface area contributed by atoms with Crippen molar-refractivity contribution in [2.24, 2.45) is 5.73 Å². The number of primary amides is 1. The molecule has 0 aromatic rings. The molecule has 0 saturated carbocycles. The summed E-state index contributed by atoms with van der Waals surface area (Å²) >= 11 is 0. The molecular formula is C10H22N2O. The lowest BCUT2D eigenvalue weighted by Crippen LogP contribution is -2.46. The molecule has 0 aliphatic heterocycles. The number of carbonyl (C=O) groups excluding carboxylic acids is 1. The molecule has 78 valence electrons. The van der Waals surface area contributed by atoms with E-state index in [1.165, 1.54) is 19.3 Å². The number of rotatable bonds is 6. The zero-order chi connectivity index (χ0) is 10.3. The quantitative estimate of drug-likeness (QED) is 0.615. The highest BCUT2D eigenvalue weighted by Gasteiger charge is 2.17. The van der Waals surface area contributed by atoms with Gasteiger partial charge in [-0.2, -0.15) is 0 Å². The van der Waals surface area contributed by atoms with E-state index in [-0.39, 0.29) is 5.54 Å². The first-order chi connectivity index (χ1) is 5.98. The highest BCUT2D eigenvalue weighted by molar-refractivity contribution is 5.72. The van der Waals surface area contributed by atoms with Gasteiger partial charge in [-0.25, -0.2) is 4.79 Å². The number of amides is 2. The lowest BCUT2D eigenvalue weighted by molar-refractivity contribution is 0.235. The molecule has 0 bridgehead atoms. The minimum absolute atomic E-state index is 0.153. The third-order valence-electron chi connectivity index (χ3n) is 2.12. The van der Waals surface area contributed by atoms with Crippen molar-refractivity contribution in [3.05, 3.63) is 0 Å². The van der Waals surface area contributed by atoms with Crippen LogP contribution in [0.1, 0.15) is 52.9 Å². The van der Waals surface area contributed by atoms with Crippen molar-refractivity contribution in [3.8, 4) is 0 Å². The molecule has 2 amide bonds. The summed E-state index contributed by atoms with van der Waals surface area (Å²) in [5.41, 5.74) is 4.91. The van der Waals surface area contributed by atoms with E-state index in [4.69, 9.17) is 5.73 Å². The predicted octanol–water partition coefficient (Wildman–Crippen LogP) is 2.40. The van der Waals surface area contributed by atoms with Crippen LogP contribution in [-0.4, -0.2) is 11.6 Å². The number of nitrogens with one attached hydrogen (secondary N) is 1. The van der Waals surface area contributed by atoms with Crippen LogP contribution in [0.5, 0.6) is 0 Å². The maximum Gasteiger partial charge on any atom is 0.312 e. The summed E-state index contributed by atoms with van der Waals surface area (Å²) in [6, 6.07) is -0.430. The summed E-state index contributed by atoms with van der Waals surface area (Å²) in [6.45, 7) is 6.19. The van der Waals surface area contributed by atoms with E-state index < -0.39 is 6.03 Å². The minimum Gasteiger partial charge on any atom is -0.352 e. The average Bonchev–Trinajstić information content (AvgIpc) is 1.95. The summed E-state index contributed by atoms with van der Waals surface area (Å²) in [7, 11) is 0. The molecule has 0 aromatic heterocycles. The molecule has 0 unspecified atom stereocenters. The molecule has 0 radical (unpaired) electrons. The van der Waals surface area contributed by atoms with Crippen LogP contribution in [0.2, 0.25) is 0 Å². The van der Waals surface area contributed by atoms with Crippen molar-refractivity contribution in [2.75, 3.05) is 0 Å². The summed E-state index contributed by atoms with van der Waals surface area (Å²) in [5.74, 6) is 0. The number of urea groups is 1. The van der Waals surface area contributed by atoms with Gasteiger partial charge in [-0.3, -0.25) is 0 Å².